The van der Waals surface area contributed by atoms with Gasteiger partial charge >= 0.3 is 0 Å². The maximum Gasteiger partial charge on any atom is 0.151 e. The molecule has 1 fully saturated rings. The molecule has 2 aliphatic heterocycles. The lowest BCUT2D eigenvalue weighted by molar-refractivity contribution is 0.0382. The molecular weight excluding hydrogens is 458 g/mol. The lowest BCUT2D eigenvalue weighted by Gasteiger charge is -2.26. The van der Waals surface area contributed by atoms with E-state index >= 15 is 0 Å². The number of hydrogen-bond donors (Lipinski definition) is 1. The Morgan fingerprint density at radius 3 is 2.71 bits per heavy atom. The molecule has 0 amide bonds. The molecule has 7 nitrogen and oxygen atoms in total. The second-order valence-electron chi connectivity index (χ2n) is 7.86. The first-order chi connectivity index (χ1) is 15.2. The monoisotopic (exact) mass is 483 g/mol. The van der Waals surface area contributed by atoms with Crippen molar-refractivity contribution in [2.24, 2.45) is 0 Å². The van der Waals surface area contributed by atoms with Gasteiger partial charge in [0.25, 0.3) is 0 Å². The molecule has 3 heterocycles. The number of halogens is 1. The number of methoxy groups -OCH3 is 1. The number of fused-ring (bicyclic) bond motifs is 3. The van der Waals surface area contributed by atoms with Gasteiger partial charge in [0.1, 0.15) is 11.6 Å². The lowest BCUT2D eigenvalue weighted by Crippen LogP contribution is -2.37. The Morgan fingerprint density at radius 1 is 1.13 bits per heavy atom. The van der Waals surface area contributed by atoms with Crippen molar-refractivity contribution in [3.63, 3.8) is 0 Å². The van der Waals surface area contributed by atoms with Gasteiger partial charge < -0.3 is 9.47 Å². The molecule has 1 atom stereocenters. The highest BCUT2D eigenvalue weighted by atomic mass is 79.9. The van der Waals surface area contributed by atoms with E-state index in [4.69, 9.17) is 9.47 Å². The smallest absolute Gasteiger partial charge is 0.151 e. The highest BCUT2D eigenvalue weighted by Gasteiger charge is 2.27. The highest BCUT2D eigenvalue weighted by Crippen LogP contribution is 2.34. The van der Waals surface area contributed by atoms with Gasteiger partial charge in [-0.05, 0) is 41.5 Å². The molecule has 5 rings (SSSR count). The Balaban J connectivity index is 1.49. The van der Waals surface area contributed by atoms with Gasteiger partial charge in [0.15, 0.2) is 5.82 Å². The van der Waals surface area contributed by atoms with Gasteiger partial charge in [-0.25, -0.2) is 0 Å². The van der Waals surface area contributed by atoms with E-state index in [2.05, 4.69) is 71.2 Å². The number of hydrogen-bond acceptors (Lipinski definition) is 6. The normalized spacial score (nSPS) is 18.8. The number of aromatic nitrogens is 3. The quantitative estimate of drug-likeness (QED) is 0.601. The third-order valence-electron chi connectivity index (χ3n) is 6.01. The molecule has 1 saturated heterocycles. The van der Waals surface area contributed by atoms with Crippen molar-refractivity contribution in [3.05, 3.63) is 69.7 Å². The first-order valence-electron chi connectivity index (χ1n) is 10.6. The van der Waals surface area contributed by atoms with Crippen molar-refractivity contribution in [2.75, 3.05) is 40.0 Å². The van der Waals surface area contributed by atoms with Crippen LogP contribution in [0.4, 0.5) is 0 Å². The molecule has 1 aromatic heterocycles. The summed E-state index contributed by atoms with van der Waals surface area (Å²) in [6.07, 6.45) is 0.857. The third kappa shape index (κ3) is 4.25. The summed E-state index contributed by atoms with van der Waals surface area (Å²) >= 11 is 3.66. The largest absolute Gasteiger partial charge is 0.497 e. The Bertz CT molecular complexity index is 1050. The molecule has 162 valence electrons. The average molecular weight is 484 g/mol. The Morgan fingerprint density at radius 2 is 1.94 bits per heavy atom. The summed E-state index contributed by atoms with van der Waals surface area (Å²) in [6, 6.07) is 14.7. The second-order valence-corrected chi connectivity index (χ2v) is 8.78. The van der Waals surface area contributed by atoms with Gasteiger partial charge in [0.2, 0.25) is 0 Å². The fraction of sp³-hybridized carbons (Fsp3) is 0.391. The average Bonchev–Trinajstić information content (AvgIpc) is 3.14. The third-order valence-corrected chi connectivity index (χ3v) is 6.50. The van der Waals surface area contributed by atoms with Crippen LogP contribution in [0.2, 0.25) is 0 Å². The summed E-state index contributed by atoms with van der Waals surface area (Å²) in [6.45, 7) is 5.18. The number of rotatable bonds is 5. The maximum absolute atomic E-state index is 5.47. The Labute approximate surface area is 190 Å². The van der Waals surface area contributed by atoms with E-state index < -0.39 is 0 Å². The van der Waals surface area contributed by atoms with Crippen LogP contribution < -0.4 is 10.1 Å². The van der Waals surface area contributed by atoms with Gasteiger partial charge in [-0.1, -0.05) is 28.1 Å². The number of nitrogens with one attached hydrogen (secondary N) is 1. The standard InChI is InChI=1S/C23H26BrN5O2/c1-30-18-5-2-16(3-6-18)23-19-14-17(24)4-7-20(19)29-21(26-27-22(29)15-25-23)8-9-28-10-12-31-13-11-28/h2-7,14,23,25H,8-13,15H2,1H3. The highest BCUT2D eigenvalue weighted by molar-refractivity contribution is 9.10. The van der Waals surface area contributed by atoms with E-state index in [1.807, 2.05) is 12.1 Å². The predicted octanol–water partition coefficient (Wildman–Crippen LogP) is 3.11. The molecule has 8 heteroatoms. The number of ether oxygens (including phenoxy) is 2. The maximum atomic E-state index is 5.47. The van der Waals surface area contributed by atoms with Crippen LogP contribution in [-0.4, -0.2) is 59.6 Å². The molecule has 31 heavy (non-hydrogen) atoms. The summed E-state index contributed by atoms with van der Waals surface area (Å²) in [5, 5.41) is 12.8. The molecule has 2 aliphatic rings. The zero-order chi connectivity index (χ0) is 21.2. The summed E-state index contributed by atoms with van der Waals surface area (Å²) in [4.78, 5) is 2.43. The van der Waals surface area contributed by atoms with Crippen LogP contribution in [0.15, 0.2) is 46.9 Å². The van der Waals surface area contributed by atoms with Crippen LogP contribution in [0.5, 0.6) is 5.75 Å². The molecule has 2 aromatic carbocycles. The first-order valence-corrected chi connectivity index (χ1v) is 11.4. The van der Waals surface area contributed by atoms with Gasteiger partial charge in [-0.2, -0.15) is 0 Å². The minimum atomic E-state index is 0.0483. The predicted molar refractivity (Wildman–Crippen MR) is 122 cm³/mol. The fourth-order valence-electron chi connectivity index (χ4n) is 4.35. The zero-order valence-corrected chi connectivity index (χ0v) is 19.1. The van der Waals surface area contributed by atoms with Crippen LogP contribution in [-0.2, 0) is 17.7 Å². The van der Waals surface area contributed by atoms with Crippen LogP contribution in [0.1, 0.15) is 28.8 Å². The molecule has 0 aliphatic carbocycles. The minimum Gasteiger partial charge on any atom is -0.497 e. The number of morpholine rings is 1. The van der Waals surface area contributed by atoms with Crippen LogP contribution in [0, 0.1) is 0 Å². The molecule has 0 bridgehead atoms. The fourth-order valence-corrected chi connectivity index (χ4v) is 4.73. The molecule has 3 aromatic rings. The number of nitrogens with zero attached hydrogens (tertiary/aromatic N) is 4. The van der Waals surface area contributed by atoms with Crippen LogP contribution >= 0.6 is 15.9 Å². The summed E-state index contributed by atoms with van der Waals surface area (Å²) < 4.78 is 14.1. The molecule has 1 unspecified atom stereocenters. The van der Waals surface area contributed by atoms with Crippen molar-refractivity contribution in [1.29, 1.82) is 0 Å². The topological polar surface area (TPSA) is 64.4 Å². The minimum absolute atomic E-state index is 0.0483. The van der Waals surface area contributed by atoms with E-state index in [9.17, 15) is 0 Å². The molecule has 0 spiro atoms. The van der Waals surface area contributed by atoms with Crippen LogP contribution in [0.25, 0.3) is 5.69 Å². The van der Waals surface area contributed by atoms with Crippen molar-refractivity contribution < 1.29 is 9.47 Å². The summed E-state index contributed by atoms with van der Waals surface area (Å²) in [5.74, 6) is 2.80. The Hall–Kier alpha value is -2.26. The van der Waals surface area contributed by atoms with Gasteiger partial charge in [-0.15, -0.1) is 10.2 Å². The number of benzene rings is 2. The molecular formula is C23H26BrN5O2. The van der Waals surface area contributed by atoms with E-state index in [1.54, 1.807) is 7.11 Å². The molecule has 1 N–H and O–H groups in total. The summed E-state index contributed by atoms with van der Waals surface area (Å²) in [7, 11) is 1.69. The molecule has 0 radical (unpaired) electrons. The molecule has 0 saturated carbocycles. The van der Waals surface area contributed by atoms with E-state index in [0.29, 0.717) is 6.54 Å². The zero-order valence-electron chi connectivity index (χ0n) is 17.6. The van der Waals surface area contributed by atoms with Crippen molar-refractivity contribution in [3.8, 4) is 11.4 Å². The van der Waals surface area contributed by atoms with E-state index in [1.165, 1.54) is 11.1 Å². The van der Waals surface area contributed by atoms with Crippen LogP contribution in [0.3, 0.4) is 0 Å². The lowest BCUT2D eigenvalue weighted by atomic mass is 9.97. The summed E-state index contributed by atoms with van der Waals surface area (Å²) in [5.41, 5.74) is 3.52. The van der Waals surface area contributed by atoms with Gasteiger partial charge in [0.05, 0.1) is 38.6 Å². The van der Waals surface area contributed by atoms with Crippen molar-refractivity contribution in [2.45, 2.75) is 19.0 Å². The Kier molecular flexibility index (Phi) is 6.04. The van der Waals surface area contributed by atoms with Gasteiger partial charge in [0, 0.05) is 30.5 Å². The van der Waals surface area contributed by atoms with Crippen molar-refractivity contribution in [1.82, 2.24) is 25.0 Å². The first kappa shape index (κ1) is 20.6. The van der Waals surface area contributed by atoms with Crippen molar-refractivity contribution >= 4 is 15.9 Å². The second kappa shape index (κ2) is 9.08. The van der Waals surface area contributed by atoms with E-state index in [-0.39, 0.29) is 6.04 Å². The van der Waals surface area contributed by atoms with Gasteiger partial charge in [-0.3, -0.25) is 14.8 Å². The SMILES string of the molecule is COc1ccc(C2NCc3nnc(CCN4CCOCC4)n3-c3ccc(Br)cc32)cc1. The van der Waals surface area contributed by atoms with E-state index in [0.717, 1.165) is 66.8 Å².